The van der Waals surface area contributed by atoms with Crippen molar-refractivity contribution in [1.29, 1.82) is 0 Å². The van der Waals surface area contributed by atoms with Gasteiger partial charge in [0.15, 0.2) is 0 Å². The number of ether oxygens (including phenoxy) is 2. The average molecular weight is 533 g/mol. The van der Waals surface area contributed by atoms with E-state index in [0.717, 1.165) is 16.5 Å². The minimum Gasteiger partial charge on any atom is -0.490 e. The second-order valence-corrected chi connectivity index (χ2v) is 10.0. The van der Waals surface area contributed by atoms with Crippen LogP contribution in [0.2, 0.25) is 5.02 Å². The highest BCUT2D eigenvalue weighted by Gasteiger charge is 2.20. The third-order valence-electron chi connectivity index (χ3n) is 6.00. The minimum atomic E-state index is -0.725. The van der Waals surface area contributed by atoms with Crippen LogP contribution in [0.3, 0.4) is 0 Å². The van der Waals surface area contributed by atoms with Gasteiger partial charge in [0.2, 0.25) is 5.82 Å². The van der Waals surface area contributed by atoms with Crippen LogP contribution in [0.25, 0.3) is 15.7 Å². The zero-order valence-electron chi connectivity index (χ0n) is 21.1. The van der Waals surface area contributed by atoms with E-state index in [1.807, 2.05) is 42.5 Å². The number of aromatic nitrogens is 1. The van der Waals surface area contributed by atoms with Crippen LogP contribution < -0.4 is 20.5 Å². The van der Waals surface area contributed by atoms with E-state index in [0.29, 0.717) is 36.0 Å². The Morgan fingerprint density at radius 1 is 1.16 bits per heavy atom. The van der Waals surface area contributed by atoms with Crippen molar-refractivity contribution in [3.05, 3.63) is 94.3 Å². The molecule has 1 heterocycles. The summed E-state index contributed by atoms with van der Waals surface area (Å²) in [6, 6.07) is 19.7. The molecule has 0 bridgehead atoms. The number of aliphatic hydroxyl groups excluding tert-OH is 1. The Hall–Kier alpha value is -4.03. The fourth-order valence-electron chi connectivity index (χ4n) is 4.14. The average Bonchev–Trinajstić information content (AvgIpc) is 3.31. The number of benzene rings is 3. The minimum absolute atomic E-state index is 0.115. The van der Waals surface area contributed by atoms with Crippen LogP contribution in [0, 0.1) is 6.57 Å². The molecule has 0 aliphatic carbocycles. The molecule has 0 saturated heterocycles. The summed E-state index contributed by atoms with van der Waals surface area (Å²) in [5, 5.41) is 15.0. The van der Waals surface area contributed by atoms with Crippen molar-refractivity contribution >= 4 is 34.2 Å². The number of β-amino-alcohol motifs (C(OH)–C–C–N with tert-alkyl or cyclic N) is 1. The maximum Gasteiger partial charge on any atom is 0.254 e. The van der Waals surface area contributed by atoms with Gasteiger partial charge in [-0.15, -0.1) is 0 Å². The van der Waals surface area contributed by atoms with Gasteiger partial charge in [-0.3, -0.25) is 4.79 Å². The summed E-state index contributed by atoms with van der Waals surface area (Å²) in [6.45, 7) is 11.7. The summed E-state index contributed by atoms with van der Waals surface area (Å²) in [5.41, 5.74) is 7.17. The monoisotopic (exact) mass is 532 g/mol. The first-order chi connectivity index (χ1) is 18.1. The Balaban J connectivity index is 1.30. The molecule has 38 heavy (non-hydrogen) atoms. The van der Waals surface area contributed by atoms with E-state index in [1.54, 1.807) is 24.3 Å². The lowest BCUT2D eigenvalue weighted by Gasteiger charge is -2.28. The predicted octanol–water partition coefficient (Wildman–Crippen LogP) is 5.61. The van der Waals surface area contributed by atoms with Gasteiger partial charge in [-0.2, -0.15) is 0 Å². The number of halogens is 1. The number of hydrogen-bond donors (Lipinski definition) is 4. The number of rotatable bonds is 11. The van der Waals surface area contributed by atoms with Crippen molar-refractivity contribution < 1.29 is 19.4 Å². The largest absolute Gasteiger partial charge is 0.490 e. The van der Waals surface area contributed by atoms with Crippen LogP contribution in [0.15, 0.2) is 66.7 Å². The first-order valence-electron chi connectivity index (χ1n) is 12.1. The maximum atomic E-state index is 11.7. The first kappa shape index (κ1) is 27.0. The summed E-state index contributed by atoms with van der Waals surface area (Å²) in [6.07, 6.45) is -0.0242. The molecule has 0 radical (unpaired) electrons. The van der Waals surface area contributed by atoms with Gasteiger partial charge in [-0.05, 0) is 68.3 Å². The van der Waals surface area contributed by atoms with Crippen LogP contribution in [0.5, 0.6) is 17.2 Å². The Labute approximate surface area is 226 Å². The van der Waals surface area contributed by atoms with Gasteiger partial charge in [-0.25, -0.2) is 0 Å². The summed E-state index contributed by atoms with van der Waals surface area (Å²) >= 11 is 6.10. The summed E-state index contributed by atoms with van der Waals surface area (Å²) in [7, 11) is 0. The van der Waals surface area contributed by atoms with Crippen LogP contribution in [0.1, 0.15) is 29.8 Å². The molecule has 0 saturated carbocycles. The lowest BCUT2D eigenvalue weighted by molar-refractivity contribution is 0.0995. The molecule has 3 aromatic carbocycles. The van der Waals surface area contributed by atoms with Gasteiger partial charge in [0.25, 0.3) is 5.91 Å². The molecule has 1 amide bonds. The highest BCUT2D eigenvalue weighted by Crippen LogP contribution is 2.31. The Morgan fingerprint density at radius 3 is 2.58 bits per heavy atom. The molecule has 196 valence electrons. The molecule has 0 aliphatic heterocycles. The molecule has 1 unspecified atom stereocenters. The molecule has 8 nitrogen and oxygen atoms in total. The van der Waals surface area contributed by atoms with E-state index in [2.05, 4.69) is 29.0 Å². The van der Waals surface area contributed by atoms with E-state index in [9.17, 15) is 9.90 Å². The lowest BCUT2D eigenvalue weighted by atomic mass is 9.94. The Bertz CT molecular complexity index is 1470. The first-order valence-corrected chi connectivity index (χ1v) is 12.4. The number of H-pyrrole nitrogens is 1. The fourth-order valence-corrected chi connectivity index (χ4v) is 4.40. The third-order valence-corrected chi connectivity index (χ3v) is 6.31. The topological polar surface area (TPSA) is 114 Å². The number of fused-ring (bicyclic) bond motifs is 1. The second kappa shape index (κ2) is 11.6. The van der Waals surface area contributed by atoms with E-state index < -0.39 is 12.0 Å². The molecular formula is C29H29ClN4O4. The number of carbonyl (C=O) groups is 1. The predicted molar refractivity (Wildman–Crippen MR) is 148 cm³/mol. The zero-order chi connectivity index (χ0) is 27.3. The van der Waals surface area contributed by atoms with Gasteiger partial charge < -0.3 is 35.5 Å². The van der Waals surface area contributed by atoms with Gasteiger partial charge >= 0.3 is 0 Å². The number of primary amides is 1. The molecule has 0 spiro atoms. The fraction of sp³-hybridized carbons (Fsp3) is 0.241. The van der Waals surface area contributed by atoms with Gasteiger partial charge in [0.1, 0.15) is 41.0 Å². The summed E-state index contributed by atoms with van der Waals surface area (Å²) in [5.74, 6) is 1.27. The van der Waals surface area contributed by atoms with E-state index in [1.165, 1.54) is 0 Å². The number of nitrogens with zero attached hydrogens (tertiary/aromatic N) is 1. The third kappa shape index (κ3) is 6.64. The van der Waals surface area contributed by atoms with Crippen molar-refractivity contribution in [2.75, 3.05) is 13.2 Å². The van der Waals surface area contributed by atoms with Crippen LogP contribution in [-0.4, -0.2) is 40.8 Å². The number of aliphatic hydroxyl groups is 1. The number of amides is 1. The van der Waals surface area contributed by atoms with Gasteiger partial charge in [-0.1, -0.05) is 42.4 Å². The molecular weight excluding hydrogens is 504 g/mol. The summed E-state index contributed by atoms with van der Waals surface area (Å²) in [4.78, 5) is 18.2. The van der Waals surface area contributed by atoms with Crippen LogP contribution in [-0.2, 0) is 6.42 Å². The van der Waals surface area contributed by atoms with Crippen molar-refractivity contribution in [3.8, 4) is 17.2 Å². The molecule has 0 aliphatic rings. The van der Waals surface area contributed by atoms with E-state index in [4.69, 9.17) is 33.4 Å². The molecule has 4 aromatic rings. The normalized spacial score (nSPS) is 12.2. The summed E-state index contributed by atoms with van der Waals surface area (Å²) < 4.78 is 11.7. The van der Waals surface area contributed by atoms with Crippen molar-refractivity contribution in [2.45, 2.75) is 31.9 Å². The number of nitrogens with one attached hydrogen (secondary N) is 2. The molecule has 5 N–H and O–H groups in total. The highest BCUT2D eigenvalue weighted by molar-refractivity contribution is 6.34. The molecule has 1 aromatic heterocycles. The lowest BCUT2D eigenvalue weighted by Crippen LogP contribution is -2.46. The van der Waals surface area contributed by atoms with Crippen molar-refractivity contribution in [2.24, 2.45) is 5.73 Å². The van der Waals surface area contributed by atoms with Crippen molar-refractivity contribution in [1.82, 2.24) is 10.3 Å². The molecule has 0 fully saturated rings. The molecule has 4 rings (SSSR count). The van der Waals surface area contributed by atoms with E-state index >= 15 is 0 Å². The number of aromatic amines is 1. The van der Waals surface area contributed by atoms with E-state index in [-0.39, 0.29) is 22.7 Å². The van der Waals surface area contributed by atoms with Gasteiger partial charge in [0.05, 0.1) is 10.4 Å². The van der Waals surface area contributed by atoms with Crippen LogP contribution >= 0.6 is 11.6 Å². The SMILES string of the molecule is [C-]#[N+]c1cc2c(OCC(O)CNC(C)(C)Cc3ccc(Oc4cccc(Cl)c4C(N)=O)cc3)cccc2[nH]1. The second-order valence-electron chi connectivity index (χ2n) is 9.61. The van der Waals surface area contributed by atoms with Crippen molar-refractivity contribution in [3.63, 3.8) is 0 Å². The quantitative estimate of drug-likeness (QED) is 0.187. The maximum absolute atomic E-state index is 11.7. The number of carbonyl (C=O) groups excluding carboxylic acids is 1. The molecule has 1 atom stereocenters. The van der Waals surface area contributed by atoms with Gasteiger partial charge in [0, 0.05) is 12.1 Å². The number of nitrogens with two attached hydrogens (primary N) is 1. The standard InChI is InChI=1S/C29H29ClN4O4/c1-29(2,33-16-19(35)17-37-24-8-5-7-23-21(24)14-26(32-3)34-23)15-18-10-12-20(13-11-18)38-25-9-4-6-22(30)27(25)28(31)36/h4-14,19,33-35H,15-17H2,1-2H3,(H2,31,36). The highest BCUT2D eigenvalue weighted by atomic mass is 35.5. The van der Waals surface area contributed by atoms with Crippen LogP contribution in [0.4, 0.5) is 5.82 Å². The number of hydrogen-bond acceptors (Lipinski definition) is 5. The zero-order valence-corrected chi connectivity index (χ0v) is 21.9. The molecule has 9 heteroatoms. The Morgan fingerprint density at radius 2 is 1.87 bits per heavy atom. The smallest absolute Gasteiger partial charge is 0.254 e. The Kier molecular flexibility index (Phi) is 8.23.